The molecule has 0 aliphatic rings. The quantitative estimate of drug-likeness (QED) is 0.607. The lowest BCUT2D eigenvalue weighted by molar-refractivity contribution is -0.385. The fourth-order valence-corrected chi connectivity index (χ4v) is 1.17. The number of hydrogen-bond acceptors (Lipinski definition) is 3. The summed E-state index contributed by atoms with van der Waals surface area (Å²) in [6, 6.07) is 2.11. The second kappa shape index (κ2) is 5.03. The molecule has 1 rings (SSSR count). The Hall–Kier alpha value is -1.79. The third-order valence-electron chi connectivity index (χ3n) is 1.95. The van der Waals surface area contributed by atoms with Gasteiger partial charge >= 0.3 is 11.9 Å². The van der Waals surface area contributed by atoms with E-state index in [1.54, 1.807) is 6.92 Å². The number of halogens is 3. The molecule has 0 fully saturated rings. The molecule has 0 heterocycles. The molecular weight excluding hydrogens is 239 g/mol. The molecule has 17 heavy (non-hydrogen) atoms. The van der Waals surface area contributed by atoms with Gasteiger partial charge < -0.3 is 4.74 Å². The van der Waals surface area contributed by atoms with E-state index in [0.29, 0.717) is 18.6 Å². The first-order valence-corrected chi connectivity index (χ1v) is 4.84. The van der Waals surface area contributed by atoms with E-state index in [4.69, 9.17) is 4.74 Å². The van der Waals surface area contributed by atoms with Gasteiger partial charge in [-0.3, -0.25) is 10.1 Å². The van der Waals surface area contributed by atoms with Gasteiger partial charge in [0.1, 0.15) is 0 Å². The summed E-state index contributed by atoms with van der Waals surface area (Å²) in [7, 11) is 0. The van der Waals surface area contributed by atoms with Crippen LogP contribution in [0.15, 0.2) is 18.2 Å². The highest BCUT2D eigenvalue weighted by Gasteiger charge is 2.32. The van der Waals surface area contributed by atoms with Crippen molar-refractivity contribution in [1.82, 2.24) is 0 Å². The first-order valence-electron chi connectivity index (χ1n) is 4.84. The summed E-state index contributed by atoms with van der Waals surface area (Å²) >= 11 is 0. The van der Waals surface area contributed by atoms with Crippen LogP contribution in [0.25, 0.3) is 0 Å². The third kappa shape index (κ3) is 3.33. The summed E-state index contributed by atoms with van der Waals surface area (Å²) in [6.45, 7) is 1.88. The molecule has 4 nitrogen and oxygen atoms in total. The average molecular weight is 249 g/mol. The summed E-state index contributed by atoms with van der Waals surface area (Å²) in [5.41, 5.74) is -1.43. The van der Waals surface area contributed by atoms with Crippen molar-refractivity contribution < 1.29 is 22.8 Å². The zero-order chi connectivity index (χ0) is 13.1. The largest absolute Gasteiger partial charge is 0.487 e. The molecule has 0 amide bonds. The molecule has 0 saturated heterocycles. The van der Waals surface area contributed by atoms with E-state index in [-0.39, 0.29) is 12.4 Å². The number of nitro groups is 1. The molecule has 0 radical (unpaired) electrons. The van der Waals surface area contributed by atoms with Gasteiger partial charge in [-0.1, -0.05) is 6.92 Å². The van der Waals surface area contributed by atoms with Gasteiger partial charge in [0.05, 0.1) is 17.1 Å². The Morgan fingerprint density at radius 1 is 1.41 bits per heavy atom. The summed E-state index contributed by atoms with van der Waals surface area (Å²) in [6.07, 6.45) is -3.99. The van der Waals surface area contributed by atoms with Gasteiger partial charge in [-0.15, -0.1) is 0 Å². The number of nitrogens with zero attached hydrogens (tertiary/aromatic N) is 1. The van der Waals surface area contributed by atoms with Gasteiger partial charge in [-0.25, -0.2) is 0 Å². The molecule has 0 aliphatic heterocycles. The number of hydrogen-bond donors (Lipinski definition) is 0. The first kappa shape index (κ1) is 13.3. The van der Waals surface area contributed by atoms with E-state index in [0.717, 1.165) is 6.07 Å². The minimum Gasteiger partial charge on any atom is -0.487 e. The summed E-state index contributed by atoms with van der Waals surface area (Å²) in [4.78, 5) is 9.82. The second-order valence-electron chi connectivity index (χ2n) is 3.29. The molecule has 7 heteroatoms. The van der Waals surface area contributed by atoms with E-state index in [1.807, 2.05) is 0 Å². The standard InChI is InChI=1S/C10H10F3NO3/c1-2-5-17-9-6-7(10(11,12)13)3-4-8(9)14(15)16/h3-4,6H,2,5H2,1H3. The maximum atomic E-state index is 12.4. The van der Waals surface area contributed by atoms with Gasteiger partial charge in [0.15, 0.2) is 5.75 Å². The summed E-state index contributed by atoms with van der Waals surface area (Å²) < 4.78 is 42.1. The zero-order valence-electron chi connectivity index (χ0n) is 8.95. The van der Waals surface area contributed by atoms with Crippen LogP contribution in [-0.2, 0) is 6.18 Å². The Kier molecular flexibility index (Phi) is 3.93. The van der Waals surface area contributed by atoms with Crippen LogP contribution in [-0.4, -0.2) is 11.5 Å². The number of ether oxygens (including phenoxy) is 1. The maximum Gasteiger partial charge on any atom is 0.416 e. The van der Waals surface area contributed by atoms with Crippen molar-refractivity contribution in [2.75, 3.05) is 6.61 Å². The van der Waals surface area contributed by atoms with E-state index >= 15 is 0 Å². The predicted molar refractivity (Wildman–Crippen MR) is 53.9 cm³/mol. The van der Waals surface area contributed by atoms with Crippen molar-refractivity contribution in [3.63, 3.8) is 0 Å². The van der Waals surface area contributed by atoms with Crippen LogP contribution in [0.4, 0.5) is 18.9 Å². The molecule has 0 aliphatic carbocycles. The lowest BCUT2D eigenvalue weighted by Gasteiger charge is -2.10. The van der Waals surface area contributed by atoms with Crippen LogP contribution in [0, 0.1) is 10.1 Å². The highest BCUT2D eigenvalue weighted by Crippen LogP contribution is 2.36. The van der Waals surface area contributed by atoms with Crippen LogP contribution >= 0.6 is 0 Å². The summed E-state index contributed by atoms with van der Waals surface area (Å²) in [5.74, 6) is -0.355. The van der Waals surface area contributed by atoms with Crippen molar-refractivity contribution >= 4 is 5.69 Å². The van der Waals surface area contributed by atoms with Crippen LogP contribution in [0.1, 0.15) is 18.9 Å². The first-order chi connectivity index (χ1) is 7.86. The fraction of sp³-hybridized carbons (Fsp3) is 0.400. The molecule has 0 spiro atoms. The highest BCUT2D eigenvalue weighted by molar-refractivity contribution is 5.49. The molecule has 1 aromatic carbocycles. The molecule has 94 valence electrons. The Balaban J connectivity index is 3.14. The van der Waals surface area contributed by atoms with Gasteiger partial charge in [-0.2, -0.15) is 13.2 Å². The number of benzene rings is 1. The van der Waals surface area contributed by atoms with E-state index < -0.39 is 22.4 Å². The van der Waals surface area contributed by atoms with Crippen molar-refractivity contribution in [2.45, 2.75) is 19.5 Å². The topological polar surface area (TPSA) is 52.4 Å². The SMILES string of the molecule is CCCOc1cc(C(F)(F)F)ccc1[N+](=O)[O-]. The van der Waals surface area contributed by atoms with Crippen molar-refractivity contribution in [3.05, 3.63) is 33.9 Å². The fourth-order valence-electron chi connectivity index (χ4n) is 1.17. The Morgan fingerprint density at radius 2 is 2.06 bits per heavy atom. The predicted octanol–water partition coefficient (Wildman–Crippen LogP) is 3.40. The lowest BCUT2D eigenvalue weighted by atomic mass is 10.2. The van der Waals surface area contributed by atoms with Crippen molar-refractivity contribution in [3.8, 4) is 5.75 Å². The molecule has 0 saturated carbocycles. The lowest BCUT2D eigenvalue weighted by Crippen LogP contribution is -2.07. The average Bonchev–Trinajstić information content (AvgIpc) is 2.24. The van der Waals surface area contributed by atoms with E-state index in [2.05, 4.69) is 0 Å². The Morgan fingerprint density at radius 3 is 2.53 bits per heavy atom. The summed E-state index contributed by atoms with van der Waals surface area (Å²) in [5, 5.41) is 10.6. The minimum atomic E-state index is -4.54. The molecule has 0 bridgehead atoms. The van der Waals surface area contributed by atoms with Crippen LogP contribution < -0.4 is 4.74 Å². The number of rotatable bonds is 4. The number of alkyl halides is 3. The Bertz CT molecular complexity index is 418. The third-order valence-corrected chi connectivity index (χ3v) is 1.95. The van der Waals surface area contributed by atoms with Crippen LogP contribution in [0.5, 0.6) is 5.75 Å². The molecule has 0 atom stereocenters. The van der Waals surface area contributed by atoms with E-state index in [9.17, 15) is 23.3 Å². The maximum absolute atomic E-state index is 12.4. The number of nitro benzene ring substituents is 1. The van der Waals surface area contributed by atoms with Gasteiger partial charge in [0, 0.05) is 6.07 Å². The smallest absolute Gasteiger partial charge is 0.416 e. The second-order valence-corrected chi connectivity index (χ2v) is 3.29. The van der Waals surface area contributed by atoms with Gasteiger partial charge in [-0.05, 0) is 18.6 Å². The molecule has 0 N–H and O–H groups in total. The highest BCUT2D eigenvalue weighted by atomic mass is 19.4. The molecule has 1 aromatic rings. The normalized spacial score (nSPS) is 11.3. The van der Waals surface area contributed by atoms with Crippen LogP contribution in [0.2, 0.25) is 0 Å². The van der Waals surface area contributed by atoms with Gasteiger partial charge in [0.25, 0.3) is 0 Å². The van der Waals surface area contributed by atoms with Crippen LogP contribution in [0.3, 0.4) is 0 Å². The molecular formula is C10H10F3NO3. The monoisotopic (exact) mass is 249 g/mol. The minimum absolute atomic E-state index is 0.127. The Labute approximate surface area is 95.2 Å². The van der Waals surface area contributed by atoms with Crippen molar-refractivity contribution in [1.29, 1.82) is 0 Å². The van der Waals surface area contributed by atoms with Crippen molar-refractivity contribution in [2.24, 2.45) is 0 Å². The zero-order valence-corrected chi connectivity index (χ0v) is 8.95. The van der Waals surface area contributed by atoms with E-state index in [1.165, 1.54) is 0 Å². The van der Waals surface area contributed by atoms with Gasteiger partial charge in [0.2, 0.25) is 0 Å². The molecule has 0 aromatic heterocycles. The molecule has 0 unspecified atom stereocenters.